The number of aliphatic hydroxyl groups excluding tert-OH is 1. The monoisotopic (exact) mass is 305 g/mol. The van der Waals surface area contributed by atoms with Crippen molar-refractivity contribution in [2.45, 2.75) is 52.6 Å². The molecule has 0 aromatic heterocycles. The van der Waals surface area contributed by atoms with E-state index in [-0.39, 0.29) is 0 Å². The topological polar surface area (TPSA) is 32.7 Å². The lowest BCUT2D eigenvalue weighted by atomic mass is 9.98. The van der Waals surface area contributed by atoms with Crippen molar-refractivity contribution in [1.29, 1.82) is 0 Å². The fourth-order valence-electron chi connectivity index (χ4n) is 3.17. The number of likely N-dealkylation sites (tertiary alicyclic amines) is 1. The van der Waals surface area contributed by atoms with Gasteiger partial charge >= 0.3 is 0 Å². The molecule has 0 amide bonds. The lowest BCUT2D eigenvalue weighted by molar-refractivity contribution is 0.0563. The van der Waals surface area contributed by atoms with Gasteiger partial charge < -0.3 is 14.7 Å². The molecule has 0 aliphatic carbocycles. The molecule has 3 nitrogen and oxygen atoms in total. The minimum Gasteiger partial charge on any atom is -0.491 e. The first-order valence-electron chi connectivity index (χ1n) is 8.59. The summed E-state index contributed by atoms with van der Waals surface area (Å²) in [6, 6.07) is 6.22. The van der Waals surface area contributed by atoms with E-state index in [1.54, 1.807) is 0 Å². The maximum atomic E-state index is 10.2. The van der Waals surface area contributed by atoms with Crippen molar-refractivity contribution in [3.63, 3.8) is 0 Å². The minimum absolute atomic E-state index is 0.368. The maximum absolute atomic E-state index is 10.2. The Morgan fingerprint density at radius 3 is 2.55 bits per heavy atom. The molecule has 1 aromatic rings. The molecular weight excluding hydrogens is 274 g/mol. The van der Waals surface area contributed by atoms with E-state index in [2.05, 4.69) is 44.7 Å². The van der Waals surface area contributed by atoms with E-state index in [9.17, 15) is 5.11 Å². The molecule has 1 saturated heterocycles. The van der Waals surface area contributed by atoms with Crippen molar-refractivity contribution >= 4 is 0 Å². The number of nitrogens with zero attached hydrogens (tertiary/aromatic N) is 1. The second kappa shape index (κ2) is 7.98. The number of rotatable bonds is 6. The average Bonchev–Trinajstić information content (AvgIpc) is 2.47. The molecule has 1 N–H and O–H groups in total. The van der Waals surface area contributed by atoms with Crippen LogP contribution in [0.1, 0.15) is 50.7 Å². The van der Waals surface area contributed by atoms with Crippen molar-refractivity contribution in [2.75, 3.05) is 26.2 Å². The average molecular weight is 305 g/mol. The predicted molar refractivity (Wildman–Crippen MR) is 91.6 cm³/mol. The van der Waals surface area contributed by atoms with Crippen LogP contribution in [0.4, 0.5) is 0 Å². The maximum Gasteiger partial charge on any atom is 0.119 e. The van der Waals surface area contributed by atoms with E-state index in [1.165, 1.54) is 24.0 Å². The fourth-order valence-corrected chi connectivity index (χ4v) is 3.17. The molecule has 2 rings (SSSR count). The Labute approximate surface area is 135 Å². The van der Waals surface area contributed by atoms with Crippen molar-refractivity contribution in [1.82, 2.24) is 4.90 Å². The largest absolute Gasteiger partial charge is 0.491 e. The molecule has 0 radical (unpaired) electrons. The van der Waals surface area contributed by atoms with Gasteiger partial charge in [0.15, 0.2) is 0 Å². The molecule has 3 heteroatoms. The van der Waals surface area contributed by atoms with Crippen LogP contribution in [-0.4, -0.2) is 42.4 Å². The Bertz CT molecular complexity index is 465. The van der Waals surface area contributed by atoms with Crippen LogP contribution in [-0.2, 0) is 0 Å². The van der Waals surface area contributed by atoms with Gasteiger partial charge in [0.25, 0.3) is 0 Å². The summed E-state index contributed by atoms with van der Waals surface area (Å²) in [6.45, 7) is 12.1. The molecule has 0 bridgehead atoms. The summed E-state index contributed by atoms with van der Waals surface area (Å²) in [6.07, 6.45) is 2.06. The number of aliphatic hydroxyl groups is 1. The molecule has 1 aromatic carbocycles. The smallest absolute Gasteiger partial charge is 0.119 e. The molecule has 0 unspecified atom stereocenters. The summed E-state index contributed by atoms with van der Waals surface area (Å²) < 4.78 is 5.77. The Hall–Kier alpha value is -1.06. The zero-order valence-electron chi connectivity index (χ0n) is 14.5. The molecule has 124 valence electrons. The highest BCUT2D eigenvalue weighted by molar-refractivity contribution is 5.36. The molecule has 1 aliphatic heterocycles. The van der Waals surface area contributed by atoms with Crippen LogP contribution in [0.5, 0.6) is 5.75 Å². The molecule has 1 atom stereocenters. The first-order chi connectivity index (χ1) is 10.5. The third-order valence-corrected chi connectivity index (χ3v) is 4.65. The Morgan fingerprint density at radius 2 is 1.95 bits per heavy atom. The number of hydrogen-bond donors (Lipinski definition) is 1. The molecule has 1 aliphatic rings. The van der Waals surface area contributed by atoms with Gasteiger partial charge in [0.05, 0.1) is 0 Å². The normalized spacial score (nSPS) is 18.6. The van der Waals surface area contributed by atoms with Crippen LogP contribution in [0.25, 0.3) is 0 Å². The fraction of sp³-hybridized carbons (Fsp3) is 0.684. The van der Waals surface area contributed by atoms with Gasteiger partial charge in [-0.3, -0.25) is 0 Å². The van der Waals surface area contributed by atoms with E-state index < -0.39 is 6.10 Å². The Kier molecular flexibility index (Phi) is 6.27. The summed E-state index contributed by atoms with van der Waals surface area (Å²) in [5, 5.41) is 10.2. The van der Waals surface area contributed by atoms with Crippen LogP contribution >= 0.6 is 0 Å². The highest BCUT2D eigenvalue weighted by Gasteiger charge is 2.18. The zero-order chi connectivity index (χ0) is 16.1. The number of hydrogen-bond acceptors (Lipinski definition) is 3. The van der Waals surface area contributed by atoms with Crippen LogP contribution < -0.4 is 4.74 Å². The van der Waals surface area contributed by atoms with E-state index in [4.69, 9.17) is 4.74 Å². The van der Waals surface area contributed by atoms with Gasteiger partial charge in [-0.05, 0) is 68.0 Å². The van der Waals surface area contributed by atoms with Crippen molar-refractivity contribution in [3.8, 4) is 5.75 Å². The molecule has 0 spiro atoms. The van der Waals surface area contributed by atoms with Crippen LogP contribution in [0.2, 0.25) is 0 Å². The third kappa shape index (κ3) is 4.99. The van der Waals surface area contributed by atoms with E-state index in [0.29, 0.717) is 12.5 Å². The summed E-state index contributed by atoms with van der Waals surface area (Å²) in [5.41, 5.74) is 2.61. The molecule has 1 heterocycles. The van der Waals surface area contributed by atoms with Gasteiger partial charge in [0.2, 0.25) is 0 Å². The highest BCUT2D eigenvalue weighted by atomic mass is 16.5. The molecule has 22 heavy (non-hydrogen) atoms. The Morgan fingerprint density at radius 1 is 1.27 bits per heavy atom. The van der Waals surface area contributed by atoms with Gasteiger partial charge in [-0.15, -0.1) is 0 Å². The first kappa shape index (κ1) is 17.3. The number of ether oxygens (including phenoxy) is 1. The number of benzene rings is 1. The van der Waals surface area contributed by atoms with Gasteiger partial charge in [-0.25, -0.2) is 0 Å². The second-order valence-electron chi connectivity index (χ2n) is 7.12. The Balaban J connectivity index is 1.78. The van der Waals surface area contributed by atoms with Gasteiger partial charge in [0, 0.05) is 6.54 Å². The number of β-amino-alcohol motifs (C(OH)–C–C–N with tert-alkyl or cyclic N) is 1. The molecular formula is C19H31NO2. The quantitative estimate of drug-likeness (QED) is 0.872. The van der Waals surface area contributed by atoms with E-state index in [1.807, 2.05) is 6.07 Å². The first-order valence-corrected chi connectivity index (χ1v) is 8.59. The number of aryl methyl sites for hydroxylation is 1. The van der Waals surface area contributed by atoms with Crippen molar-refractivity contribution in [2.24, 2.45) is 5.92 Å². The third-order valence-electron chi connectivity index (χ3n) is 4.65. The van der Waals surface area contributed by atoms with Gasteiger partial charge in [-0.1, -0.05) is 26.8 Å². The standard InChI is InChI=1S/C19H31NO2/c1-14(2)19-6-5-18(11-16(19)4)22-13-17(21)12-20-9-7-15(3)8-10-20/h5-6,11,14-15,17,21H,7-10,12-13H2,1-4H3/t17-/m0/s1. The minimum atomic E-state index is -0.418. The van der Waals surface area contributed by atoms with Gasteiger partial charge in [-0.2, -0.15) is 0 Å². The summed E-state index contributed by atoms with van der Waals surface area (Å²) in [7, 11) is 0. The van der Waals surface area contributed by atoms with E-state index in [0.717, 1.165) is 31.3 Å². The van der Waals surface area contributed by atoms with Crippen LogP contribution in [0.3, 0.4) is 0 Å². The zero-order valence-corrected chi connectivity index (χ0v) is 14.5. The van der Waals surface area contributed by atoms with E-state index >= 15 is 0 Å². The van der Waals surface area contributed by atoms with Gasteiger partial charge in [0.1, 0.15) is 18.5 Å². The van der Waals surface area contributed by atoms with Crippen LogP contribution in [0, 0.1) is 12.8 Å². The van der Waals surface area contributed by atoms with Crippen molar-refractivity contribution < 1.29 is 9.84 Å². The SMILES string of the molecule is Cc1cc(OC[C@@H](O)CN2CCC(C)CC2)ccc1C(C)C. The van der Waals surface area contributed by atoms with Crippen molar-refractivity contribution in [3.05, 3.63) is 29.3 Å². The second-order valence-corrected chi connectivity index (χ2v) is 7.12. The summed E-state index contributed by atoms with van der Waals surface area (Å²) in [4.78, 5) is 2.35. The number of piperidine rings is 1. The summed E-state index contributed by atoms with van der Waals surface area (Å²) >= 11 is 0. The highest BCUT2D eigenvalue weighted by Crippen LogP contribution is 2.23. The summed E-state index contributed by atoms with van der Waals surface area (Å²) in [5.74, 6) is 2.21. The lowest BCUT2D eigenvalue weighted by Crippen LogP contribution is -2.40. The van der Waals surface area contributed by atoms with Crippen LogP contribution in [0.15, 0.2) is 18.2 Å². The lowest BCUT2D eigenvalue weighted by Gasteiger charge is -2.31. The predicted octanol–water partition coefficient (Wildman–Crippen LogP) is 3.59. The molecule has 0 saturated carbocycles. The molecule has 1 fully saturated rings.